The quantitative estimate of drug-likeness (QED) is 0.782. The maximum Gasteiger partial charge on any atom is 0.226 e. The molecule has 2 atom stereocenters. The number of amides is 1. The van der Waals surface area contributed by atoms with Gasteiger partial charge in [-0.3, -0.25) is 4.79 Å². The Morgan fingerprint density at radius 3 is 2.52 bits per heavy atom. The second kappa shape index (κ2) is 6.87. The van der Waals surface area contributed by atoms with Gasteiger partial charge in [0.25, 0.3) is 0 Å². The summed E-state index contributed by atoms with van der Waals surface area (Å²) < 4.78 is 25.2. The van der Waals surface area contributed by atoms with Gasteiger partial charge in [0, 0.05) is 19.0 Å². The van der Waals surface area contributed by atoms with Gasteiger partial charge in [-0.25, -0.2) is 8.42 Å². The van der Waals surface area contributed by atoms with E-state index in [-0.39, 0.29) is 17.6 Å². The van der Waals surface area contributed by atoms with E-state index in [4.69, 9.17) is 0 Å². The van der Waals surface area contributed by atoms with Crippen molar-refractivity contribution in [3.8, 4) is 0 Å². The molecule has 4 nitrogen and oxygen atoms in total. The molecule has 0 saturated carbocycles. The second-order valence-electron chi connectivity index (χ2n) is 6.36. The highest BCUT2D eigenvalue weighted by Crippen LogP contribution is 2.30. The minimum absolute atomic E-state index is 0.0241. The number of sulfone groups is 1. The first-order chi connectivity index (χ1) is 11.1. The molecule has 1 aliphatic heterocycles. The molecule has 124 valence electrons. The Kier molecular flexibility index (Phi) is 4.85. The largest absolute Gasteiger partial charge is 0.341 e. The van der Waals surface area contributed by atoms with E-state index in [9.17, 15) is 13.2 Å². The highest BCUT2D eigenvalue weighted by molar-refractivity contribution is 7.91. The van der Waals surface area contributed by atoms with Gasteiger partial charge >= 0.3 is 0 Å². The van der Waals surface area contributed by atoms with Crippen molar-refractivity contribution in [3.63, 3.8) is 0 Å². The number of hydrogen-bond donors (Lipinski definition) is 0. The van der Waals surface area contributed by atoms with Gasteiger partial charge < -0.3 is 4.90 Å². The summed E-state index contributed by atoms with van der Waals surface area (Å²) in [5, 5.41) is -0.493. The predicted octanol–water partition coefficient (Wildman–Crippen LogP) is 2.73. The van der Waals surface area contributed by atoms with E-state index >= 15 is 0 Å². The van der Waals surface area contributed by atoms with Crippen molar-refractivity contribution < 1.29 is 13.2 Å². The van der Waals surface area contributed by atoms with Gasteiger partial charge in [0.2, 0.25) is 5.91 Å². The molecular weight excluding hydrogens is 310 g/mol. The fourth-order valence-electron chi connectivity index (χ4n) is 3.48. The molecule has 0 aromatic heterocycles. The Morgan fingerprint density at radius 1 is 1.04 bits per heavy atom. The number of allylic oxidation sites excluding steroid dienone is 2. The van der Waals surface area contributed by atoms with Crippen molar-refractivity contribution >= 4 is 15.7 Å². The number of rotatable bonds is 2. The van der Waals surface area contributed by atoms with Crippen LogP contribution < -0.4 is 0 Å². The Labute approximate surface area is 138 Å². The third kappa shape index (κ3) is 3.66. The highest BCUT2D eigenvalue weighted by atomic mass is 32.2. The molecule has 1 amide bonds. The van der Waals surface area contributed by atoms with E-state index in [1.807, 2.05) is 30.3 Å². The summed E-state index contributed by atoms with van der Waals surface area (Å²) in [7, 11) is -3.22. The van der Waals surface area contributed by atoms with E-state index in [2.05, 4.69) is 12.2 Å². The lowest BCUT2D eigenvalue weighted by Gasteiger charge is -2.26. The van der Waals surface area contributed by atoms with Crippen LogP contribution in [0.25, 0.3) is 0 Å². The monoisotopic (exact) mass is 333 g/mol. The molecular formula is C18H23NO3S. The van der Waals surface area contributed by atoms with Gasteiger partial charge in [-0.15, -0.1) is 0 Å². The Morgan fingerprint density at radius 2 is 1.83 bits per heavy atom. The van der Waals surface area contributed by atoms with E-state index in [0.29, 0.717) is 19.5 Å². The van der Waals surface area contributed by atoms with Crippen LogP contribution in [-0.2, 0) is 14.6 Å². The standard InChI is InChI=1S/C18H23NO3S/c20-18(16-9-5-2-6-10-16)19-12-11-17(23(21,22)14-13-19)15-7-3-1-4-8-15/h1-5,7-8,16-17H,6,9-14H2. The molecule has 23 heavy (non-hydrogen) atoms. The van der Waals surface area contributed by atoms with Gasteiger partial charge in [0.05, 0.1) is 11.0 Å². The van der Waals surface area contributed by atoms with Crippen molar-refractivity contribution in [2.24, 2.45) is 5.92 Å². The normalized spacial score (nSPS) is 27.4. The number of carbonyl (C=O) groups is 1. The molecule has 0 N–H and O–H groups in total. The number of hydrogen-bond acceptors (Lipinski definition) is 3. The predicted molar refractivity (Wildman–Crippen MR) is 90.6 cm³/mol. The summed E-state index contributed by atoms with van der Waals surface area (Å²) in [5.74, 6) is 0.204. The van der Waals surface area contributed by atoms with Crippen LogP contribution in [0.5, 0.6) is 0 Å². The van der Waals surface area contributed by atoms with E-state index in [1.165, 1.54) is 0 Å². The molecule has 5 heteroatoms. The third-order valence-corrected chi connectivity index (χ3v) is 6.97. The first-order valence-corrected chi connectivity index (χ1v) is 10.00. The molecule has 0 radical (unpaired) electrons. The van der Waals surface area contributed by atoms with Crippen molar-refractivity contribution in [2.75, 3.05) is 18.8 Å². The molecule has 1 heterocycles. The zero-order chi connectivity index (χ0) is 16.3. The molecule has 0 spiro atoms. The van der Waals surface area contributed by atoms with Crippen molar-refractivity contribution in [2.45, 2.75) is 30.9 Å². The minimum Gasteiger partial charge on any atom is -0.341 e. The van der Waals surface area contributed by atoms with Crippen LogP contribution in [-0.4, -0.2) is 38.1 Å². The summed E-state index contributed by atoms with van der Waals surface area (Å²) in [6, 6.07) is 9.36. The average Bonchev–Trinajstić information content (AvgIpc) is 2.74. The van der Waals surface area contributed by atoms with Crippen molar-refractivity contribution in [1.29, 1.82) is 0 Å². The number of benzene rings is 1. The number of nitrogens with zero attached hydrogens (tertiary/aromatic N) is 1. The SMILES string of the molecule is O=C(C1CC=CCC1)N1CCC(c2ccccc2)S(=O)(=O)CC1. The van der Waals surface area contributed by atoms with Crippen molar-refractivity contribution in [1.82, 2.24) is 4.90 Å². The molecule has 1 aromatic carbocycles. The van der Waals surface area contributed by atoms with Gasteiger partial charge in [-0.05, 0) is 31.2 Å². The topological polar surface area (TPSA) is 54.5 Å². The maximum absolute atomic E-state index is 12.7. The second-order valence-corrected chi connectivity index (χ2v) is 8.66. The van der Waals surface area contributed by atoms with Gasteiger partial charge in [0.15, 0.2) is 9.84 Å². The van der Waals surface area contributed by atoms with E-state index < -0.39 is 15.1 Å². The fourth-order valence-corrected chi connectivity index (χ4v) is 5.28. The molecule has 1 aromatic rings. The molecule has 0 bridgehead atoms. The van der Waals surface area contributed by atoms with Crippen molar-refractivity contribution in [3.05, 3.63) is 48.0 Å². The zero-order valence-electron chi connectivity index (χ0n) is 13.2. The smallest absolute Gasteiger partial charge is 0.226 e. The molecule has 1 aliphatic carbocycles. The van der Waals surface area contributed by atoms with Crippen LogP contribution in [0.15, 0.2) is 42.5 Å². The van der Waals surface area contributed by atoms with Crippen LogP contribution in [0.3, 0.4) is 0 Å². The maximum atomic E-state index is 12.7. The van der Waals surface area contributed by atoms with Crippen LogP contribution >= 0.6 is 0 Å². The summed E-state index contributed by atoms with van der Waals surface area (Å²) in [6.45, 7) is 0.850. The Hall–Kier alpha value is -1.62. The zero-order valence-corrected chi connectivity index (χ0v) is 14.0. The highest BCUT2D eigenvalue weighted by Gasteiger charge is 2.34. The first-order valence-electron chi connectivity index (χ1n) is 8.28. The molecule has 3 rings (SSSR count). The average molecular weight is 333 g/mol. The Balaban J connectivity index is 1.75. The van der Waals surface area contributed by atoms with E-state index in [0.717, 1.165) is 24.8 Å². The summed E-state index contributed by atoms with van der Waals surface area (Å²) in [4.78, 5) is 14.4. The van der Waals surface area contributed by atoms with Crippen LogP contribution in [0, 0.1) is 5.92 Å². The van der Waals surface area contributed by atoms with Gasteiger partial charge in [0.1, 0.15) is 0 Å². The first kappa shape index (κ1) is 16.2. The molecule has 2 aliphatic rings. The minimum atomic E-state index is -3.22. The molecule has 1 fully saturated rings. The lowest BCUT2D eigenvalue weighted by molar-refractivity contribution is -0.135. The van der Waals surface area contributed by atoms with E-state index in [1.54, 1.807) is 4.90 Å². The lowest BCUT2D eigenvalue weighted by atomic mass is 9.93. The third-order valence-electron chi connectivity index (χ3n) is 4.84. The molecule has 1 saturated heterocycles. The summed E-state index contributed by atoms with van der Waals surface area (Å²) >= 11 is 0. The number of carbonyl (C=O) groups excluding carboxylic acids is 1. The van der Waals surface area contributed by atoms with Gasteiger partial charge in [-0.1, -0.05) is 42.5 Å². The molecule has 2 unspecified atom stereocenters. The Bertz CT molecular complexity index is 681. The van der Waals surface area contributed by atoms with Crippen LogP contribution in [0.1, 0.15) is 36.5 Å². The summed E-state index contributed by atoms with van der Waals surface area (Å²) in [6.07, 6.45) is 7.26. The van der Waals surface area contributed by atoms with Crippen LogP contribution in [0.4, 0.5) is 0 Å². The summed E-state index contributed by atoms with van der Waals surface area (Å²) in [5.41, 5.74) is 0.836. The van der Waals surface area contributed by atoms with Crippen LogP contribution in [0.2, 0.25) is 0 Å². The van der Waals surface area contributed by atoms with Gasteiger partial charge in [-0.2, -0.15) is 0 Å². The fraction of sp³-hybridized carbons (Fsp3) is 0.500. The lowest BCUT2D eigenvalue weighted by Crippen LogP contribution is -2.38.